The number of hydrogen-bond acceptors (Lipinski definition) is 1. The number of guanidine groups is 1. The van der Waals surface area contributed by atoms with E-state index in [0.29, 0.717) is 12.1 Å². The summed E-state index contributed by atoms with van der Waals surface area (Å²) in [4.78, 5) is 5.01. The fourth-order valence-corrected chi connectivity index (χ4v) is 3.83. The monoisotopic (exact) mass is 333 g/mol. The molecule has 3 nitrogen and oxygen atoms in total. The van der Waals surface area contributed by atoms with E-state index in [1.54, 1.807) is 0 Å². The molecule has 0 saturated heterocycles. The summed E-state index contributed by atoms with van der Waals surface area (Å²) in [6.45, 7) is 0. The third-order valence-electron chi connectivity index (χ3n) is 4.92. The summed E-state index contributed by atoms with van der Waals surface area (Å²) in [6, 6.07) is 8.90. The van der Waals surface area contributed by atoms with Gasteiger partial charge in [0.05, 0.1) is 6.04 Å². The van der Waals surface area contributed by atoms with Gasteiger partial charge >= 0.3 is 0 Å². The highest BCUT2D eigenvalue weighted by atomic mass is 35.5. The summed E-state index contributed by atoms with van der Waals surface area (Å²) in [5.41, 5.74) is 1.01. The number of halogens is 1. The topological polar surface area (TPSA) is 36.4 Å². The molecule has 4 heteroatoms. The minimum absolute atomic E-state index is 0.460. The first-order chi connectivity index (χ1) is 11.3. The van der Waals surface area contributed by atoms with E-state index in [2.05, 4.69) is 10.6 Å². The molecule has 2 aliphatic rings. The average Bonchev–Trinajstić information content (AvgIpc) is 2.57. The van der Waals surface area contributed by atoms with Crippen molar-refractivity contribution in [1.82, 2.24) is 5.32 Å². The lowest BCUT2D eigenvalue weighted by Crippen LogP contribution is -2.41. The van der Waals surface area contributed by atoms with Crippen LogP contribution in [0.1, 0.15) is 64.2 Å². The van der Waals surface area contributed by atoms with Crippen LogP contribution in [0.15, 0.2) is 29.3 Å². The number of hydrogen-bond donors (Lipinski definition) is 2. The van der Waals surface area contributed by atoms with Crippen LogP contribution >= 0.6 is 11.6 Å². The van der Waals surface area contributed by atoms with Gasteiger partial charge in [-0.05, 0) is 43.9 Å². The van der Waals surface area contributed by atoms with Crippen molar-refractivity contribution >= 4 is 23.2 Å². The predicted molar refractivity (Wildman–Crippen MR) is 99.4 cm³/mol. The number of anilines is 1. The molecule has 3 rings (SSSR count). The van der Waals surface area contributed by atoms with Gasteiger partial charge in [-0.1, -0.05) is 56.2 Å². The molecule has 0 amide bonds. The van der Waals surface area contributed by atoms with Crippen LogP contribution in [0.5, 0.6) is 0 Å². The molecule has 0 unspecified atom stereocenters. The minimum atomic E-state index is 0.460. The van der Waals surface area contributed by atoms with Crippen molar-refractivity contribution in [2.45, 2.75) is 76.3 Å². The Labute approximate surface area is 144 Å². The molecule has 0 atom stereocenters. The van der Waals surface area contributed by atoms with E-state index in [1.165, 1.54) is 64.2 Å². The third kappa shape index (κ3) is 5.42. The maximum Gasteiger partial charge on any atom is 0.196 e. The highest BCUT2D eigenvalue weighted by Crippen LogP contribution is 2.22. The lowest BCUT2D eigenvalue weighted by Gasteiger charge is -2.27. The van der Waals surface area contributed by atoms with Crippen LogP contribution < -0.4 is 10.6 Å². The second-order valence-electron chi connectivity index (χ2n) is 6.88. The first-order valence-electron chi connectivity index (χ1n) is 9.16. The summed E-state index contributed by atoms with van der Waals surface area (Å²) in [5.74, 6) is 0.936. The molecule has 0 heterocycles. The Morgan fingerprint density at radius 3 is 2.35 bits per heavy atom. The van der Waals surface area contributed by atoms with E-state index in [0.717, 1.165) is 16.7 Å². The maximum atomic E-state index is 6.11. The van der Waals surface area contributed by atoms with Gasteiger partial charge in [0.15, 0.2) is 5.96 Å². The van der Waals surface area contributed by atoms with Crippen molar-refractivity contribution in [1.29, 1.82) is 0 Å². The molecule has 0 aliphatic heterocycles. The maximum absolute atomic E-state index is 6.11. The van der Waals surface area contributed by atoms with Gasteiger partial charge in [-0.25, -0.2) is 4.99 Å². The van der Waals surface area contributed by atoms with Crippen LogP contribution in [-0.2, 0) is 0 Å². The third-order valence-corrected chi connectivity index (χ3v) is 5.15. The van der Waals surface area contributed by atoms with Gasteiger partial charge in [-0.15, -0.1) is 0 Å². The van der Waals surface area contributed by atoms with Crippen molar-refractivity contribution in [2.75, 3.05) is 5.32 Å². The highest BCUT2D eigenvalue weighted by Gasteiger charge is 2.17. The zero-order chi connectivity index (χ0) is 15.9. The minimum Gasteiger partial charge on any atom is -0.353 e. The van der Waals surface area contributed by atoms with Crippen molar-refractivity contribution in [3.05, 3.63) is 29.3 Å². The quantitative estimate of drug-likeness (QED) is 0.576. The molecule has 0 radical (unpaired) electrons. The normalized spacial score (nSPS) is 21.2. The Kier molecular flexibility index (Phi) is 6.21. The van der Waals surface area contributed by atoms with Gasteiger partial charge in [-0.3, -0.25) is 0 Å². The van der Waals surface area contributed by atoms with E-state index >= 15 is 0 Å². The first kappa shape index (κ1) is 16.6. The number of benzene rings is 1. The SMILES string of the molecule is Clc1cccc(NC(=NC2CCCCC2)NC2CCCCC2)c1. The smallest absolute Gasteiger partial charge is 0.196 e. The van der Waals surface area contributed by atoms with E-state index in [-0.39, 0.29) is 0 Å². The first-order valence-corrected chi connectivity index (χ1v) is 9.54. The van der Waals surface area contributed by atoms with Crippen LogP contribution in [0, 0.1) is 0 Å². The Bertz CT molecular complexity index is 517. The van der Waals surface area contributed by atoms with Gasteiger partial charge in [0.1, 0.15) is 0 Å². The predicted octanol–water partition coefficient (Wildman–Crippen LogP) is 5.36. The van der Waals surface area contributed by atoms with Crippen LogP contribution in [0.2, 0.25) is 5.02 Å². The fraction of sp³-hybridized carbons (Fsp3) is 0.632. The lowest BCUT2D eigenvalue weighted by atomic mass is 9.95. The van der Waals surface area contributed by atoms with Gasteiger partial charge in [-0.2, -0.15) is 0 Å². The van der Waals surface area contributed by atoms with Crippen LogP contribution in [-0.4, -0.2) is 18.0 Å². The van der Waals surface area contributed by atoms with Gasteiger partial charge in [0.2, 0.25) is 0 Å². The highest BCUT2D eigenvalue weighted by molar-refractivity contribution is 6.30. The number of aliphatic imine (C=N–C) groups is 1. The summed E-state index contributed by atoms with van der Waals surface area (Å²) in [7, 11) is 0. The number of nitrogens with zero attached hydrogens (tertiary/aromatic N) is 1. The molecule has 1 aromatic rings. The lowest BCUT2D eigenvalue weighted by molar-refractivity contribution is 0.408. The standard InChI is InChI=1S/C19H28ClN3/c20-15-8-7-13-18(14-15)23-19(21-16-9-3-1-4-10-16)22-17-11-5-2-6-12-17/h7-8,13-14,16-17H,1-6,9-12H2,(H2,21,22,23). The molecule has 1 aromatic carbocycles. The Morgan fingerprint density at radius 2 is 1.65 bits per heavy atom. The zero-order valence-electron chi connectivity index (χ0n) is 13.9. The average molecular weight is 334 g/mol. The Morgan fingerprint density at radius 1 is 0.957 bits per heavy atom. The van der Waals surface area contributed by atoms with Gasteiger partial charge in [0, 0.05) is 16.8 Å². The molecule has 0 spiro atoms. The number of rotatable bonds is 3. The summed E-state index contributed by atoms with van der Waals surface area (Å²) in [5, 5.41) is 7.89. The van der Waals surface area contributed by atoms with Gasteiger partial charge < -0.3 is 10.6 Å². The molecular weight excluding hydrogens is 306 g/mol. The van der Waals surface area contributed by atoms with Crippen LogP contribution in [0.25, 0.3) is 0 Å². The van der Waals surface area contributed by atoms with E-state index in [1.807, 2.05) is 24.3 Å². The van der Waals surface area contributed by atoms with Crippen molar-refractivity contribution in [2.24, 2.45) is 4.99 Å². The molecule has 126 valence electrons. The summed E-state index contributed by atoms with van der Waals surface area (Å²) >= 11 is 6.11. The van der Waals surface area contributed by atoms with Crippen LogP contribution in [0.4, 0.5) is 5.69 Å². The molecule has 2 aliphatic carbocycles. The fourth-order valence-electron chi connectivity index (χ4n) is 3.64. The molecular formula is C19H28ClN3. The molecule has 2 fully saturated rings. The molecule has 23 heavy (non-hydrogen) atoms. The second kappa shape index (κ2) is 8.58. The Balaban J connectivity index is 1.70. The second-order valence-corrected chi connectivity index (χ2v) is 7.32. The summed E-state index contributed by atoms with van der Waals surface area (Å²) in [6.07, 6.45) is 12.9. The number of nitrogens with one attached hydrogen (secondary N) is 2. The van der Waals surface area contributed by atoms with Gasteiger partial charge in [0.25, 0.3) is 0 Å². The molecule has 2 N–H and O–H groups in total. The largest absolute Gasteiger partial charge is 0.353 e. The molecule has 0 bridgehead atoms. The van der Waals surface area contributed by atoms with Crippen LogP contribution in [0.3, 0.4) is 0 Å². The zero-order valence-corrected chi connectivity index (χ0v) is 14.6. The molecule has 0 aromatic heterocycles. The molecule has 2 saturated carbocycles. The summed E-state index contributed by atoms with van der Waals surface area (Å²) < 4.78 is 0. The van der Waals surface area contributed by atoms with Crippen molar-refractivity contribution < 1.29 is 0 Å². The van der Waals surface area contributed by atoms with E-state index < -0.39 is 0 Å². The van der Waals surface area contributed by atoms with Crippen molar-refractivity contribution in [3.63, 3.8) is 0 Å². The van der Waals surface area contributed by atoms with E-state index in [9.17, 15) is 0 Å². The van der Waals surface area contributed by atoms with Crippen molar-refractivity contribution in [3.8, 4) is 0 Å². The van der Waals surface area contributed by atoms with E-state index in [4.69, 9.17) is 16.6 Å². The Hall–Kier alpha value is -1.22.